The number of benzene rings is 1. The number of hydrogen-bond acceptors (Lipinski definition) is 4. The highest BCUT2D eigenvalue weighted by atomic mass is 16.5. The maximum Gasteiger partial charge on any atom is 0.309 e. The van der Waals surface area contributed by atoms with Crippen LogP contribution in [0, 0.1) is 11.8 Å². The normalized spacial score (nSPS) is 20.1. The minimum Gasteiger partial charge on any atom is -0.455 e. The van der Waals surface area contributed by atoms with Gasteiger partial charge >= 0.3 is 5.97 Å². The van der Waals surface area contributed by atoms with Gasteiger partial charge in [0, 0.05) is 11.3 Å². The molecule has 5 nitrogen and oxygen atoms in total. The van der Waals surface area contributed by atoms with Crippen molar-refractivity contribution in [3.05, 3.63) is 29.8 Å². The number of carbonyl (C=O) groups is 3. The van der Waals surface area contributed by atoms with Crippen LogP contribution >= 0.6 is 0 Å². The summed E-state index contributed by atoms with van der Waals surface area (Å²) in [6, 6.07) is 6.62. The number of carbonyl (C=O) groups excluding carboxylic acids is 3. The molecule has 0 spiro atoms. The van der Waals surface area contributed by atoms with E-state index in [1.807, 2.05) is 6.92 Å². The van der Waals surface area contributed by atoms with Crippen LogP contribution in [0.4, 0.5) is 5.69 Å². The molecule has 0 unspecified atom stereocenters. The average Bonchev–Trinajstić information content (AvgIpc) is 3.13. The highest BCUT2D eigenvalue weighted by molar-refractivity contribution is 5.97. The summed E-state index contributed by atoms with van der Waals surface area (Å²) in [5.41, 5.74) is 1.03. The molecule has 0 heterocycles. The van der Waals surface area contributed by atoms with Crippen molar-refractivity contribution >= 4 is 23.3 Å². The maximum absolute atomic E-state index is 11.6. The third-order valence-electron chi connectivity index (χ3n) is 3.31. The van der Waals surface area contributed by atoms with Gasteiger partial charge in [0.2, 0.25) is 0 Å². The Morgan fingerprint density at radius 3 is 2.65 bits per heavy atom. The molecule has 0 bridgehead atoms. The van der Waals surface area contributed by atoms with Gasteiger partial charge in [-0.1, -0.05) is 19.1 Å². The molecule has 0 radical (unpaired) electrons. The van der Waals surface area contributed by atoms with Gasteiger partial charge in [-0.15, -0.1) is 0 Å². The van der Waals surface area contributed by atoms with Gasteiger partial charge in [-0.05, 0) is 31.4 Å². The van der Waals surface area contributed by atoms with Crippen LogP contribution in [0.1, 0.15) is 30.6 Å². The summed E-state index contributed by atoms with van der Waals surface area (Å²) in [5, 5.41) is 2.59. The maximum atomic E-state index is 11.6. The molecule has 0 saturated heterocycles. The first-order valence-corrected chi connectivity index (χ1v) is 6.55. The second-order valence-corrected chi connectivity index (χ2v) is 5.11. The molecule has 1 amide bonds. The Morgan fingerprint density at radius 1 is 1.35 bits per heavy atom. The third-order valence-corrected chi connectivity index (χ3v) is 3.31. The minimum absolute atomic E-state index is 0.0520. The molecule has 20 heavy (non-hydrogen) atoms. The highest BCUT2D eigenvalue weighted by Gasteiger charge is 2.40. The molecule has 1 aromatic rings. The van der Waals surface area contributed by atoms with E-state index in [1.54, 1.807) is 24.3 Å². The van der Waals surface area contributed by atoms with Gasteiger partial charge in [0.15, 0.2) is 12.4 Å². The standard InChI is InChI=1S/C15H17NO4/c1-9-6-13(9)15(19)20-8-14(18)16-12-5-3-4-11(7-12)10(2)17/h3-5,7,9,13H,6,8H2,1-2H3,(H,16,18)/t9-,13+/m0/s1. The van der Waals surface area contributed by atoms with Crippen molar-refractivity contribution in [1.29, 1.82) is 0 Å². The molecule has 1 fully saturated rings. The van der Waals surface area contributed by atoms with Gasteiger partial charge in [0.25, 0.3) is 5.91 Å². The molecule has 1 aliphatic carbocycles. The fraction of sp³-hybridized carbons (Fsp3) is 0.400. The number of ketones is 1. The van der Waals surface area contributed by atoms with E-state index in [1.165, 1.54) is 6.92 Å². The van der Waals surface area contributed by atoms with Crippen molar-refractivity contribution in [1.82, 2.24) is 0 Å². The number of ether oxygens (including phenoxy) is 1. The van der Waals surface area contributed by atoms with Gasteiger partial charge in [0.05, 0.1) is 5.92 Å². The number of hydrogen-bond donors (Lipinski definition) is 1. The quantitative estimate of drug-likeness (QED) is 0.659. The third kappa shape index (κ3) is 3.66. The lowest BCUT2D eigenvalue weighted by Crippen LogP contribution is -2.21. The van der Waals surface area contributed by atoms with Crippen LogP contribution < -0.4 is 5.32 Å². The second kappa shape index (κ2) is 5.86. The van der Waals surface area contributed by atoms with Crippen molar-refractivity contribution in [3.63, 3.8) is 0 Å². The summed E-state index contributed by atoms with van der Waals surface area (Å²) >= 11 is 0. The van der Waals surface area contributed by atoms with E-state index in [9.17, 15) is 14.4 Å². The number of anilines is 1. The van der Waals surface area contributed by atoms with E-state index in [4.69, 9.17) is 4.74 Å². The van der Waals surface area contributed by atoms with Crippen LogP contribution in [0.15, 0.2) is 24.3 Å². The molecule has 0 aromatic heterocycles. The zero-order valence-electron chi connectivity index (χ0n) is 11.5. The fourth-order valence-corrected chi connectivity index (χ4v) is 1.91. The van der Waals surface area contributed by atoms with Crippen molar-refractivity contribution in [2.45, 2.75) is 20.3 Å². The Bertz CT molecular complexity index is 553. The van der Waals surface area contributed by atoms with E-state index in [-0.39, 0.29) is 24.3 Å². The molecule has 1 aliphatic rings. The molecule has 2 rings (SSSR count). The van der Waals surface area contributed by atoms with Crippen LogP contribution in [0.25, 0.3) is 0 Å². The summed E-state index contributed by atoms with van der Waals surface area (Å²) in [4.78, 5) is 34.3. The van der Waals surface area contributed by atoms with E-state index in [0.717, 1.165) is 6.42 Å². The number of esters is 1. The summed E-state index contributed by atoms with van der Waals surface area (Å²) in [7, 11) is 0. The van der Waals surface area contributed by atoms with Crippen LogP contribution in [-0.4, -0.2) is 24.3 Å². The summed E-state index contributed by atoms with van der Waals surface area (Å²) in [6.45, 7) is 3.13. The topological polar surface area (TPSA) is 72.5 Å². The zero-order chi connectivity index (χ0) is 14.7. The van der Waals surface area contributed by atoms with Crippen molar-refractivity contribution in [2.24, 2.45) is 11.8 Å². The fourth-order valence-electron chi connectivity index (χ4n) is 1.91. The predicted octanol–water partition coefficient (Wildman–Crippen LogP) is 2.03. The minimum atomic E-state index is -0.410. The SMILES string of the molecule is CC(=O)c1cccc(NC(=O)COC(=O)[C@@H]2C[C@@H]2C)c1. The lowest BCUT2D eigenvalue weighted by molar-refractivity contribution is -0.148. The van der Waals surface area contributed by atoms with Crippen LogP contribution in [0.3, 0.4) is 0 Å². The monoisotopic (exact) mass is 275 g/mol. The van der Waals surface area contributed by atoms with Gasteiger partial charge in [-0.2, -0.15) is 0 Å². The molecule has 1 aromatic carbocycles. The Morgan fingerprint density at radius 2 is 2.05 bits per heavy atom. The van der Waals surface area contributed by atoms with Crippen molar-refractivity contribution in [2.75, 3.05) is 11.9 Å². The van der Waals surface area contributed by atoms with Gasteiger partial charge in [-0.3, -0.25) is 14.4 Å². The molecule has 1 N–H and O–H groups in total. The lowest BCUT2D eigenvalue weighted by atomic mass is 10.1. The Balaban J connectivity index is 1.83. The largest absolute Gasteiger partial charge is 0.455 e. The molecular formula is C15H17NO4. The van der Waals surface area contributed by atoms with E-state index in [0.29, 0.717) is 17.2 Å². The van der Waals surface area contributed by atoms with Crippen LogP contribution in [0.2, 0.25) is 0 Å². The van der Waals surface area contributed by atoms with Crippen molar-refractivity contribution in [3.8, 4) is 0 Å². The van der Waals surface area contributed by atoms with Crippen LogP contribution in [0.5, 0.6) is 0 Å². The van der Waals surface area contributed by atoms with Gasteiger partial charge in [0.1, 0.15) is 0 Å². The molecule has 106 valence electrons. The lowest BCUT2D eigenvalue weighted by Gasteiger charge is -2.07. The number of nitrogens with one attached hydrogen (secondary N) is 1. The van der Waals surface area contributed by atoms with E-state index in [2.05, 4.69) is 5.32 Å². The number of Topliss-reactive ketones (excluding diaryl/α,β-unsaturated/α-hetero) is 1. The Kier molecular flexibility index (Phi) is 4.17. The zero-order valence-corrected chi connectivity index (χ0v) is 11.5. The first kappa shape index (κ1) is 14.2. The van der Waals surface area contributed by atoms with E-state index >= 15 is 0 Å². The van der Waals surface area contributed by atoms with Gasteiger partial charge in [-0.25, -0.2) is 0 Å². The second-order valence-electron chi connectivity index (χ2n) is 5.11. The summed E-state index contributed by atoms with van der Waals surface area (Å²) in [5.74, 6) is -0.491. The molecule has 5 heteroatoms. The first-order valence-electron chi connectivity index (χ1n) is 6.55. The van der Waals surface area contributed by atoms with Gasteiger partial charge < -0.3 is 10.1 Å². The molecule has 1 saturated carbocycles. The summed E-state index contributed by atoms with van der Waals surface area (Å²) < 4.78 is 4.93. The van der Waals surface area contributed by atoms with Crippen molar-refractivity contribution < 1.29 is 19.1 Å². The Hall–Kier alpha value is -2.17. The Labute approximate surface area is 117 Å². The summed E-state index contributed by atoms with van der Waals surface area (Å²) in [6.07, 6.45) is 0.834. The molecule has 0 aliphatic heterocycles. The average molecular weight is 275 g/mol. The van der Waals surface area contributed by atoms with E-state index < -0.39 is 5.91 Å². The molecule has 2 atom stereocenters. The molecular weight excluding hydrogens is 258 g/mol. The van der Waals surface area contributed by atoms with Crippen LogP contribution in [-0.2, 0) is 14.3 Å². The number of amides is 1. The number of rotatable bonds is 5. The predicted molar refractivity (Wildman–Crippen MR) is 73.3 cm³/mol. The highest BCUT2D eigenvalue weighted by Crippen LogP contribution is 2.38. The first-order chi connectivity index (χ1) is 9.47. The smallest absolute Gasteiger partial charge is 0.309 e.